The zero-order chi connectivity index (χ0) is 20.3. The fourth-order valence-electron chi connectivity index (χ4n) is 2.25. The van der Waals surface area contributed by atoms with Crippen molar-refractivity contribution in [3.63, 3.8) is 0 Å². The summed E-state index contributed by atoms with van der Waals surface area (Å²) in [4.78, 5) is 35.0. The average Bonchev–Trinajstić information content (AvgIpc) is 2.50. The first-order chi connectivity index (χ1) is 12.0. The van der Waals surface area contributed by atoms with Gasteiger partial charge in [-0.15, -0.1) is 0 Å². The first-order valence-electron chi connectivity index (χ1n) is 8.78. The van der Waals surface area contributed by atoms with E-state index in [1.165, 1.54) is 0 Å². The number of esters is 2. The third-order valence-corrected chi connectivity index (χ3v) is 3.52. The number of nitrogens with one attached hydrogen (secondary N) is 1. The molecule has 1 N–H and O–H groups in total. The maximum absolute atomic E-state index is 12.5. The summed E-state index contributed by atoms with van der Waals surface area (Å²) in [5.74, 6) is -3.90. The van der Waals surface area contributed by atoms with Crippen molar-refractivity contribution in [1.29, 1.82) is 0 Å². The molecule has 0 saturated carbocycles. The van der Waals surface area contributed by atoms with E-state index in [1.54, 1.807) is 19.2 Å². The molecule has 0 saturated heterocycles. The van der Waals surface area contributed by atoms with Crippen molar-refractivity contribution in [2.24, 2.45) is 0 Å². The number of ether oxygens (including phenoxy) is 2. The number of alkyl halides is 3. The van der Waals surface area contributed by atoms with Gasteiger partial charge in [0, 0.05) is 6.42 Å². The molecular formula is C17H28F3NO5. The summed E-state index contributed by atoms with van der Waals surface area (Å²) < 4.78 is 47.5. The first kappa shape index (κ1) is 24.2. The number of rotatable bonds is 11. The summed E-state index contributed by atoms with van der Waals surface area (Å²) in [7, 11) is 0. The Morgan fingerprint density at radius 1 is 0.923 bits per heavy atom. The van der Waals surface area contributed by atoms with Crippen LogP contribution >= 0.6 is 0 Å². The second-order valence-electron chi connectivity index (χ2n) is 6.19. The molecule has 0 heterocycles. The molecule has 3 unspecified atom stereocenters. The Labute approximate surface area is 151 Å². The Balaban J connectivity index is 4.84. The van der Waals surface area contributed by atoms with Crippen LogP contribution in [-0.4, -0.2) is 42.3 Å². The molecule has 1 amide bonds. The van der Waals surface area contributed by atoms with Crippen LogP contribution in [0, 0.1) is 0 Å². The van der Waals surface area contributed by atoms with Crippen molar-refractivity contribution in [2.75, 3.05) is 0 Å². The van der Waals surface area contributed by atoms with Gasteiger partial charge >= 0.3 is 24.0 Å². The lowest BCUT2D eigenvalue weighted by molar-refractivity contribution is -0.176. The summed E-state index contributed by atoms with van der Waals surface area (Å²) in [6.07, 6.45) is -3.91. The Hall–Kier alpha value is -1.80. The van der Waals surface area contributed by atoms with E-state index in [-0.39, 0.29) is 18.9 Å². The van der Waals surface area contributed by atoms with Gasteiger partial charge in [0.05, 0.1) is 12.2 Å². The molecule has 0 spiro atoms. The normalized spacial score (nSPS) is 14.9. The minimum atomic E-state index is -5.14. The zero-order valence-corrected chi connectivity index (χ0v) is 15.6. The predicted octanol–water partition coefficient (Wildman–Crippen LogP) is 3.28. The second kappa shape index (κ2) is 11.7. The number of carbonyl (C=O) groups excluding carboxylic acids is 3. The molecule has 6 nitrogen and oxygen atoms in total. The van der Waals surface area contributed by atoms with Gasteiger partial charge in [-0.25, -0.2) is 4.79 Å². The Morgan fingerprint density at radius 3 is 1.88 bits per heavy atom. The third-order valence-electron chi connectivity index (χ3n) is 3.52. The van der Waals surface area contributed by atoms with Crippen LogP contribution in [0.2, 0.25) is 0 Å². The maximum Gasteiger partial charge on any atom is 0.471 e. The van der Waals surface area contributed by atoms with Crippen LogP contribution in [0.4, 0.5) is 13.2 Å². The fourth-order valence-corrected chi connectivity index (χ4v) is 2.25. The van der Waals surface area contributed by atoms with Gasteiger partial charge in [0.15, 0.2) is 0 Å². The molecule has 0 aliphatic rings. The molecule has 26 heavy (non-hydrogen) atoms. The molecule has 9 heteroatoms. The highest BCUT2D eigenvalue weighted by atomic mass is 19.4. The molecule has 0 aliphatic heterocycles. The lowest BCUT2D eigenvalue weighted by Crippen LogP contribution is -2.48. The summed E-state index contributed by atoms with van der Waals surface area (Å²) in [6, 6.07) is -1.57. The molecule has 3 atom stereocenters. The van der Waals surface area contributed by atoms with Crippen LogP contribution in [-0.2, 0) is 23.9 Å². The van der Waals surface area contributed by atoms with E-state index in [0.29, 0.717) is 12.8 Å². The molecule has 0 rings (SSSR count). The minimum Gasteiger partial charge on any atom is -0.463 e. The number of hydrogen-bond donors (Lipinski definition) is 1. The highest BCUT2D eigenvalue weighted by Gasteiger charge is 2.41. The molecule has 152 valence electrons. The van der Waals surface area contributed by atoms with Gasteiger partial charge in [-0.2, -0.15) is 13.2 Å². The van der Waals surface area contributed by atoms with Crippen molar-refractivity contribution in [3.05, 3.63) is 0 Å². The monoisotopic (exact) mass is 383 g/mol. The Morgan fingerprint density at radius 2 is 1.42 bits per heavy atom. The van der Waals surface area contributed by atoms with E-state index in [1.807, 2.05) is 13.8 Å². The van der Waals surface area contributed by atoms with Gasteiger partial charge in [-0.05, 0) is 33.1 Å². The lowest BCUT2D eigenvalue weighted by Gasteiger charge is -2.21. The Kier molecular flexibility index (Phi) is 10.9. The number of carbonyl (C=O) groups is 3. The van der Waals surface area contributed by atoms with Crippen molar-refractivity contribution in [1.82, 2.24) is 5.32 Å². The van der Waals surface area contributed by atoms with Crippen molar-refractivity contribution in [3.8, 4) is 0 Å². The maximum atomic E-state index is 12.5. The van der Waals surface area contributed by atoms with E-state index in [4.69, 9.17) is 9.47 Å². The van der Waals surface area contributed by atoms with E-state index >= 15 is 0 Å². The van der Waals surface area contributed by atoms with Gasteiger partial charge in [0.2, 0.25) is 0 Å². The third kappa shape index (κ3) is 10.2. The topological polar surface area (TPSA) is 81.7 Å². The van der Waals surface area contributed by atoms with Gasteiger partial charge < -0.3 is 14.8 Å². The van der Waals surface area contributed by atoms with Gasteiger partial charge in [0.1, 0.15) is 6.04 Å². The van der Waals surface area contributed by atoms with Crippen LogP contribution in [0.25, 0.3) is 0 Å². The highest BCUT2D eigenvalue weighted by molar-refractivity contribution is 5.87. The van der Waals surface area contributed by atoms with Gasteiger partial charge in [0.25, 0.3) is 0 Å². The molecule has 0 radical (unpaired) electrons. The average molecular weight is 383 g/mol. The summed E-state index contributed by atoms with van der Waals surface area (Å²) >= 11 is 0. The van der Waals surface area contributed by atoms with E-state index in [9.17, 15) is 27.6 Å². The van der Waals surface area contributed by atoms with Crippen LogP contribution in [0.5, 0.6) is 0 Å². The lowest BCUT2D eigenvalue weighted by atomic mass is 10.1. The molecule has 0 fully saturated rings. The Bertz CT molecular complexity index is 468. The molecule has 0 aromatic heterocycles. The second-order valence-corrected chi connectivity index (χ2v) is 6.19. The quantitative estimate of drug-likeness (QED) is 0.554. The predicted molar refractivity (Wildman–Crippen MR) is 88.1 cm³/mol. The van der Waals surface area contributed by atoms with Gasteiger partial charge in [-0.1, -0.05) is 26.7 Å². The van der Waals surface area contributed by atoms with Crippen molar-refractivity contribution < 1.29 is 37.0 Å². The van der Waals surface area contributed by atoms with Crippen molar-refractivity contribution >= 4 is 17.8 Å². The summed E-state index contributed by atoms with van der Waals surface area (Å²) in [5, 5.41) is 1.59. The van der Waals surface area contributed by atoms with Gasteiger partial charge in [-0.3, -0.25) is 9.59 Å². The van der Waals surface area contributed by atoms with Crippen molar-refractivity contribution in [2.45, 2.75) is 90.6 Å². The van der Waals surface area contributed by atoms with E-state index in [0.717, 1.165) is 12.8 Å². The van der Waals surface area contributed by atoms with Crippen LogP contribution in [0.15, 0.2) is 0 Å². The molecule has 0 bridgehead atoms. The smallest absolute Gasteiger partial charge is 0.463 e. The highest BCUT2D eigenvalue weighted by Crippen LogP contribution is 2.16. The van der Waals surface area contributed by atoms with Crippen LogP contribution in [0.3, 0.4) is 0 Å². The zero-order valence-electron chi connectivity index (χ0n) is 15.6. The molecular weight excluding hydrogens is 355 g/mol. The molecule has 0 aliphatic carbocycles. The first-order valence-corrected chi connectivity index (χ1v) is 8.78. The molecule has 0 aromatic carbocycles. The number of amides is 1. The van der Waals surface area contributed by atoms with Crippen LogP contribution < -0.4 is 5.32 Å². The fraction of sp³-hybridized carbons (Fsp3) is 0.824. The largest absolute Gasteiger partial charge is 0.471 e. The van der Waals surface area contributed by atoms with E-state index in [2.05, 4.69) is 0 Å². The SMILES string of the molecule is CCCC(C)OC(=O)CCC(NC(=O)C(F)(F)F)C(=O)OC(C)CCC. The standard InChI is InChI=1S/C17H28F3NO5/c1-5-7-11(3)25-14(22)10-9-13(21-16(24)17(18,19)20)15(23)26-12(4)8-6-2/h11-13H,5-10H2,1-4H3,(H,21,24). The van der Waals surface area contributed by atoms with Crippen LogP contribution in [0.1, 0.15) is 66.2 Å². The molecule has 0 aromatic rings. The van der Waals surface area contributed by atoms with E-state index < -0.39 is 36.2 Å². The summed E-state index contributed by atoms with van der Waals surface area (Å²) in [6.45, 7) is 7.08. The minimum absolute atomic E-state index is 0.311. The number of halogens is 3. The number of hydrogen-bond acceptors (Lipinski definition) is 5. The summed E-state index contributed by atoms with van der Waals surface area (Å²) in [5.41, 5.74) is 0.